The molecule has 1 aliphatic heterocycles. The first-order valence-corrected chi connectivity index (χ1v) is 9.96. The Bertz CT molecular complexity index is 833. The summed E-state index contributed by atoms with van der Waals surface area (Å²) >= 11 is 6.11. The van der Waals surface area contributed by atoms with Gasteiger partial charge in [-0.1, -0.05) is 55.8 Å². The number of piperidine rings is 1. The van der Waals surface area contributed by atoms with Crippen LogP contribution >= 0.6 is 11.6 Å². The number of hydrogen-bond acceptors (Lipinski definition) is 2. The van der Waals surface area contributed by atoms with Crippen molar-refractivity contribution in [1.82, 2.24) is 14.5 Å². The Morgan fingerprint density at radius 3 is 2.42 bits per heavy atom. The lowest BCUT2D eigenvalue weighted by molar-refractivity contribution is 0.199. The van der Waals surface area contributed by atoms with Gasteiger partial charge in [0.1, 0.15) is 5.82 Å². The van der Waals surface area contributed by atoms with Crippen LogP contribution in [0.2, 0.25) is 5.02 Å². The normalized spacial score (nSPS) is 15.7. The van der Waals surface area contributed by atoms with E-state index in [1.807, 2.05) is 32.0 Å². The molecule has 0 amide bonds. The van der Waals surface area contributed by atoms with Crippen LogP contribution in [0.25, 0.3) is 11.0 Å². The molecule has 4 heteroatoms. The van der Waals surface area contributed by atoms with E-state index in [1.54, 1.807) is 0 Å². The Hall–Kier alpha value is -1.84. The molecule has 0 spiro atoms. The monoisotopic (exact) mass is 369 g/mol. The molecule has 1 aromatic heterocycles. The molecular weight excluding hydrogens is 342 g/mol. The van der Waals surface area contributed by atoms with Crippen LogP contribution in [0.15, 0.2) is 48.5 Å². The van der Waals surface area contributed by atoms with E-state index in [4.69, 9.17) is 16.6 Å². The minimum atomic E-state index is 0.696. The van der Waals surface area contributed by atoms with Crippen molar-refractivity contribution in [1.29, 1.82) is 0 Å². The van der Waals surface area contributed by atoms with E-state index in [1.165, 1.54) is 18.4 Å². The molecule has 1 fully saturated rings. The number of rotatable bonds is 3. The summed E-state index contributed by atoms with van der Waals surface area (Å²) in [5, 5.41) is 0.765. The molecule has 0 unspecified atom stereocenters. The van der Waals surface area contributed by atoms with Crippen LogP contribution in [-0.4, -0.2) is 27.5 Å². The van der Waals surface area contributed by atoms with E-state index in [2.05, 4.69) is 46.8 Å². The summed E-state index contributed by atoms with van der Waals surface area (Å²) in [6.45, 7) is 7.16. The fourth-order valence-electron chi connectivity index (χ4n) is 3.70. The maximum Gasteiger partial charge on any atom is 0.123 e. The molecule has 0 bridgehead atoms. The molecule has 0 radical (unpaired) electrons. The van der Waals surface area contributed by atoms with Gasteiger partial charge in [-0.25, -0.2) is 4.98 Å². The van der Waals surface area contributed by atoms with Crippen molar-refractivity contribution < 1.29 is 0 Å². The minimum Gasteiger partial charge on any atom is -0.330 e. The first-order chi connectivity index (χ1) is 12.7. The summed E-state index contributed by atoms with van der Waals surface area (Å²) < 4.78 is 2.17. The molecular formula is C22H28ClN3. The number of imidazole rings is 1. The SMILES string of the molecule is CC.Cn1c(CN2CCC(c3ccccc3)CC2)nc2ccc(Cl)cc21. The fraction of sp³-hybridized carbons (Fsp3) is 0.409. The van der Waals surface area contributed by atoms with Gasteiger partial charge in [-0.05, 0) is 55.6 Å². The molecule has 3 aromatic rings. The van der Waals surface area contributed by atoms with Gasteiger partial charge in [0.05, 0.1) is 17.6 Å². The van der Waals surface area contributed by atoms with Gasteiger partial charge in [0.15, 0.2) is 0 Å². The lowest BCUT2D eigenvalue weighted by Crippen LogP contribution is -2.33. The van der Waals surface area contributed by atoms with Gasteiger partial charge >= 0.3 is 0 Å². The number of likely N-dealkylation sites (tertiary alicyclic amines) is 1. The predicted molar refractivity (Wildman–Crippen MR) is 111 cm³/mol. The average Bonchev–Trinajstić information content (AvgIpc) is 3.00. The number of aromatic nitrogens is 2. The summed E-state index contributed by atoms with van der Waals surface area (Å²) in [6.07, 6.45) is 2.44. The summed E-state index contributed by atoms with van der Waals surface area (Å²) in [5.74, 6) is 1.81. The van der Waals surface area contributed by atoms with Gasteiger partial charge in [0, 0.05) is 12.1 Å². The van der Waals surface area contributed by atoms with Crippen molar-refractivity contribution in [2.45, 2.75) is 39.2 Å². The van der Waals surface area contributed by atoms with Crippen molar-refractivity contribution in [3.8, 4) is 0 Å². The van der Waals surface area contributed by atoms with Crippen LogP contribution in [0.4, 0.5) is 0 Å². The number of aryl methyl sites for hydroxylation is 1. The highest BCUT2D eigenvalue weighted by molar-refractivity contribution is 6.31. The molecule has 0 saturated carbocycles. The third-order valence-corrected chi connectivity index (χ3v) is 5.39. The van der Waals surface area contributed by atoms with Crippen LogP contribution in [0.1, 0.15) is 44.0 Å². The molecule has 0 N–H and O–H groups in total. The summed E-state index contributed by atoms with van der Waals surface area (Å²) in [6, 6.07) is 16.8. The summed E-state index contributed by atoms with van der Waals surface area (Å²) in [5.41, 5.74) is 3.61. The maximum atomic E-state index is 6.11. The van der Waals surface area contributed by atoms with E-state index in [9.17, 15) is 0 Å². The smallest absolute Gasteiger partial charge is 0.123 e. The molecule has 2 heterocycles. The second-order valence-corrected chi connectivity index (χ2v) is 7.12. The number of benzene rings is 2. The minimum absolute atomic E-state index is 0.696. The molecule has 4 rings (SSSR count). The molecule has 26 heavy (non-hydrogen) atoms. The van der Waals surface area contributed by atoms with Gasteiger partial charge in [0.25, 0.3) is 0 Å². The third kappa shape index (κ3) is 4.11. The summed E-state index contributed by atoms with van der Waals surface area (Å²) in [4.78, 5) is 7.30. The zero-order chi connectivity index (χ0) is 18.5. The Morgan fingerprint density at radius 1 is 1.04 bits per heavy atom. The maximum absolute atomic E-state index is 6.11. The molecule has 1 aliphatic rings. The van der Waals surface area contributed by atoms with E-state index >= 15 is 0 Å². The van der Waals surface area contributed by atoms with Gasteiger partial charge < -0.3 is 4.57 Å². The van der Waals surface area contributed by atoms with E-state index in [0.717, 1.165) is 41.5 Å². The predicted octanol–water partition coefficient (Wildman–Crippen LogP) is 5.63. The standard InChI is InChI=1S/C20H22ClN3.C2H6/c1-23-19-13-17(21)7-8-18(19)22-20(23)14-24-11-9-16(10-12-24)15-5-3-2-4-6-15;1-2/h2-8,13,16H,9-12,14H2,1H3;1-2H3. The topological polar surface area (TPSA) is 21.1 Å². The van der Waals surface area contributed by atoms with Crippen LogP contribution < -0.4 is 0 Å². The molecule has 2 aromatic carbocycles. The van der Waals surface area contributed by atoms with Gasteiger partial charge in [-0.2, -0.15) is 0 Å². The Labute approximate surface area is 161 Å². The second-order valence-electron chi connectivity index (χ2n) is 6.68. The first kappa shape index (κ1) is 18.9. The zero-order valence-corrected chi connectivity index (χ0v) is 16.7. The molecule has 138 valence electrons. The van der Waals surface area contributed by atoms with E-state index in [-0.39, 0.29) is 0 Å². The molecule has 3 nitrogen and oxygen atoms in total. The first-order valence-electron chi connectivity index (χ1n) is 9.59. The highest BCUT2D eigenvalue weighted by atomic mass is 35.5. The summed E-state index contributed by atoms with van der Waals surface area (Å²) in [7, 11) is 2.08. The zero-order valence-electron chi connectivity index (χ0n) is 16.0. The largest absolute Gasteiger partial charge is 0.330 e. The highest BCUT2D eigenvalue weighted by Gasteiger charge is 2.21. The number of fused-ring (bicyclic) bond motifs is 1. The quantitative estimate of drug-likeness (QED) is 0.596. The van der Waals surface area contributed by atoms with Crippen molar-refractivity contribution in [3.63, 3.8) is 0 Å². The fourth-order valence-corrected chi connectivity index (χ4v) is 3.87. The van der Waals surface area contributed by atoms with Gasteiger partial charge in [0.2, 0.25) is 0 Å². The van der Waals surface area contributed by atoms with Gasteiger partial charge in [-0.15, -0.1) is 0 Å². The third-order valence-electron chi connectivity index (χ3n) is 5.16. The second kappa shape index (κ2) is 8.70. The Morgan fingerprint density at radius 2 is 1.73 bits per heavy atom. The molecule has 0 aliphatic carbocycles. The average molecular weight is 370 g/mol. The van der Waals surface area contributed by atoms with E-state index in [0.29, 0.717) is 5.92 Å². The number of nitrogens with zero attached hydrogens (tertiary/aromatic N) is 3. The lowest BCUT2D eigenvalue weighted by atomic mass is 9.89. The highest BCUT2D eigenvalue weighted by Crippen LogP contribution is 2.28. The van der Waals surface area contributed by atoms with E-state index < -0.39 is 0 Å². The lowest BCUT2D eigenvalue weighted by Gasteiger charge is -2.31. The van der Waals surface area contributed by atoms with Crippen LogP contribution in [0.5, 0.6) is 0 Å². The van der Waals surface area contributed by atoms with Crippen molar-refractivity contribution in [2.75, 3.05) is 13.1 Å². The van der Waals surface area contributed by atoms with Crippen molar-refractivity contribution >= 4 is 22.6 Å². The van der Waals surface area contributed by atoms with Crippen LogP contribution in [-0.2, 0) is 13.6 Å². The van der Waals surface area contributed by atoms with Crippen LogP contribution in [0, 0.1) is 0 Å². The molecule has 0 atom stereocenters. The van der Waals surface area contributed by atoms with Crippen LogP contribution in [0.3, 0.4) is 0 Å². The Kier molecular flexibility index (Phi) is 6.33. The number of halogens is 1. The van der Waals surface area contributed by atoms with Crippen molar-refractivity contribution in [3.05, 3.63) is 64.9 Å². The Balaban J connectivity index is 0.000000948. The van der Waals surface area contributed by atoms with Gasteiger partial charge in [-0.3, -0.25) is 4.90 Å². The van der Waals surface area contributed by atoms with Crippen molar-refractivity contribution in [2.24, 2.45) is 7.05 Å². The molecule has 1 saturated heterocycles. The number of hydrogen-bond donors (Lipinski definition) is 0.